The fourth-order valence-corrected chi connectivity index (χ4v) is 1.39. The Bertz CT molecular complexity index is 446. The summed E-state index contributed by atoms with van der Waals surface area (Å²) in [6, 6.07) is 5.45. The standard InChI is InChI=1S/C13H16FNO4/c1-8(10-3-5-11(14)6-4-10)15-12(16)7-19-9(2)13(17)18/h3-6,8-9H,7H2,1-2H3,(H,15,16)(H,17,18)/t8?,9-/m1/s1. The summed E-state index contributed by atoms with van der Waals surface area (Å²) in [7, 11) is 0. The van der Waals surface area contributed by atoms with Gasteiger partial charge in [0.15, 0.2) is 6.10 Å². The fourth-order valence-electron chi connectivity index (χ4n) is 1.39. The summed E-state index contributed by atoms with van der Waals surface area (Å²) in [6.07, 6.45) is -1.04. The number of ether oxygens (including phenoxy) is 1. The lowest BCUT2D eigenvalue weighted by Gasteiger charge is -2.15. The van der Waals surface area contributed by atoms with Gasteiger partial charge in [0.2, 0.25) is 5.91 Å². The van der Waals surface area contributed by atoms with Gasteiger partial charge in [-0.05, 0) is 31.5 Å². The van der Waals surface area contributed by atoms with Crippen molar-refractivity contribution in [2.75, 3.05) is 6.61 Å². The van der Waals surface area contributed by atoms with E-state index in [0.29, 0.717) is 0 Å². The van der Waals surface area contributed by atoms with E-state index in [1.54, 1.807) is 19.1 Å². The molecule has 1 rings (SSSR count). The Morgan fingerprint density at radius 3 is 2.42 bits per heavy atom. The number of benzene rings is 1. The van der Waals surface area contributed by atoms with Crippen LogP contribution < -0.4 is 5.32 Å². The summed E-state index contributed by atoms with van der Waals surface area (Å²) in [6.45, 7) is 2.75. The van der Waals surface area contributed by atoms with E-state index in [-0.39, 0.29) is 18.5 Å². The maximum Gasteiger partial charge on any atom is 0.332 e. The number of carboxylic acids is 1. The molecule has 0 saturated carbocycles. The first-order valence-corrected chi connectivity index (χ1v) is 5.79. The molecule has 0 aliphatic rings. The van der Waals surface area contributed by atoms with E-state index in [1.807, 2.05) is 0 Å². The molecule has 1 aromatic rings. The Balaban J connectivity index is 2.44. The van der Waals surface area contributed by atoms with Gasteiger partial charge in [0, 0.05) is 0 Å². The minimum atomic E-state index is -1.13. The number of rotatable bonds is 6. The molecular weight excluding hydrogens is 253 g/mol. The second kappa shape index (κ2) is 6.84. The van der Waals surface area contributed by atoms with Crippen molar-refractivity contribution < 1.29 is 23.8 Å². The van der Waals surface area contributed by atoms with Crippen LogP contribution in [0.2, 0.25) is 0 Å². The molecule has 2 N–H and O–H groups in total. The Labute approximate surface area is 110 Å². The SMILES string of the molecule is CC(NC(=O)CO[C@H](C)C(=O)O)c1ccc(F)cc1. The molecular formula is C13H16FNO4. The smallest absolute Gasteiger partial charge is 0.332 e. The van der Waals surface area contributed by atoms with E-state index in [0.717, 1.165) is 5.56 Å². The summed E-state index contributed by atoms with van der Waals surface area (Å²) < 4.78 is 17.6. The topological polar surface area (TPSA) is 75.6 Å². The minimum Gasteiger partial charge on any atom is -0.479 e. The van der Waals surface area contributed by atoms with Crippen LogP contribution >= 0.6 is 0 Å². The molecule has 1 amide bonds. The fraction of sp³-hybridized carbons (Fsp3) is 0.385. The van der Waals surface area contributed by atoms with Gasteiger partial charge < -0.3 is 15.2 Å². The van der Waals surface area contributed by atoms with Crippen molar-refractivity contribution in [2.24, 2.45) is 0 Å². The van der Waals surface area contributed by atoms with Crippen LogP contribution in [0.15, 0.2) is 24.3 Å². The zero-order valence-corrected chi connectivity index (χ0v) is 10.7. The van der Waals surface area contributed by atoms with E-state index in [1.165, 1.54) is 19.1 Å². The van der Waals surface area contributed by atoms with E-state index in [2.05, 4.69) is 5.32 Å². The second-order valence-electron chi connectivity index (χ2n) is 4.13. The van der Waals surface area contributed by atoms with Crippen LogP contribution in [0, 0.1) is 5.82 Å². The van der Waals surface area contributed by atoms with Crippen molar-refractivity contribution in [2.45, 2.75) is 26.0 Å². The molecule has 19 heavy (non-hydrogen) atoms. The van der Waals surface area contributed by atoms with Crippen molar-refractivity contribution in [1.82, 2.24) is 5.32 Å². The summed E-state index contributed by atoms with van der Waals surface area (Å²) >= 11 is 0. The average Bonchev–Trinajstić information content (AvgIpc) is 2.36. The van der Waals surface area contributed by atoms with Crippen molar-refractivity contribution >= 4 is 11.9 Å². The van der Waals surface area contributed by atoms with Crippen molar-refractivity contribution in [1.29, 1.82) is 0 Å². The van der Waals surface area contributed by atoms with Crippen molar-refractivity contribution in [3.63, 3.8) is 0 Å². The summed E-state index contributed by atoms with van der Waals surface area (Å²) in [4.78, 5) is 22.0. The highest BCUT2D eigenvalue weighted by Crippen LogP contribution is 2.12. The normalized spacial score (nSPS) is 13.6. The predicted octanol–water partition coefficient (Wildman–Crippen LogP) is 1.49. The number of hydrogen-bond donors (Lipinski definition) is 2. The van der Waals surface area contributed by atoms with Crippen LogP contribution in [0.3, 0.4) is 0 Å². The summed E-state index contributed by atoms with van der Waals surface area (Å²) in [5.41, 5.74) is 0.751. The molecule has 0 saturated heterocycles. The van der Waals surface area contributed by atoms with Crippen LogP contribution in [0.1, 0.15) is 25.5 Å². The van der Waals surface area contributed by atoms with Gasteiger partial charge in [-0.1, -0.05) is 12.1 Å². The number of carbonyl (C=O) groups excluding carboxylic acids is 1. The lowest BCUT2D eigenvalue weighted by molar-refractivity contribution is -0.150. The largest absolute Gasteiger partial charge is 0.479 e. The van der Waals surface area contributed by atoms with Gasteiger partial charge in [-0.25, -0.2) is 9.18 Å². The lowest BCUT2D eigenvalue weighted by Crippen LogP contribution is -2.33. The number of carbonyl (C=O) groups is 2. The van der Waals surface area contributed by atoms with Crippen LogP contribution in [-0.2, 0) is 14.3 Å². The van der Waals surface area contributed by atoms with Crippen molar-refractivity contribution in [3.8, 4) is 0 Å². The third-order valence-corrected chi connectivity index (χ3v) is 2.56. The van der Waals surface area contributed by atoms with Crippen LogP contribution in [0.4, 0.5) is 4.39 Å². The Kier molecular flexibility index (Phi) is 5.44. The molecule has 0 aromatic heterocycles. The summed E-state index contributed by atoms with van der Waals surface area (Å²) in [5, 5.41) is 11.2. The highest BCUT2D eigenvalue weighted by atomic mass is 19.1. The van der Waals surface area contributed by atoms with Crippen molar-refractivity contribution in [3.05, 3.63) is 35.6 Å². The first kappa shape index (κ1) is 15.1. The highest BCUT2D eigenvalue weighted by molar-refractivity contribution is 5.78. The molecule has 0 heterocycles. The summed E-state index contributed by atoms with van der Waals surface area (Å²) in [5.74, 6) is -1.90. The number of hydrogen-bond acceptors (Lipinski definition) is 3. The lowest BCUT2D eigenvalue weighted by atomic mass is 10.1. The first-order valence-electron chi connectivity index (χ1n) is 5.79. The maximum absolute atomic E-state index is 12.7. The zero-order valence-electron chi connectivity index (χ0n) is 10.7. The third kappa shape index (κ3) is 5.05. The molecule has 5 nitrogen and oxygen atoms in total. The van der Waals surface area contributed by atoms with Gasteiger partial charge in [0.1, 0.15) is 12.4 Å². The number of amides is 1. The Morgan fingerprint density at radius 2 is 1.89 bits per heavy atom. The molecule has 1 aromatic carbocycles. The molecule has 0 bridgehead atoms. The molecule has 2 atom stereocenters. The Hall–Kier alpha value is -1.95. The third-order valence-electron chi connectivity index (χ3n) is 2.56. The number of halogens is 1. The number of carboxylic acid groups (broad SMARTS) is 1. The molecule has 0 aliphatic carbocycles. The van der Waals surface area contributed by atoms with Gasteiger partial charge in [0.25, 0.3) is 0 Å². The number of aliphatic carboxylic acids is 1. The molecule has 1 unspecified atom stereocenters. The number of nitrogens with one attached hydrogen (secondary N) is 1. The van der Waals surface area contributed by atoms with E-state index in [4.69, 9.17) is 9.84 Å². The maximum atomic E-state index is 12.7. The molecule has 0 aliphatic heterocycles. The van der Waals surface area contributed by atoms with Gasteiger partial charge in [-0.15, -0.1) is 0 Å². The van der Waals surface area contributed by atoms with Crippen LogP contribution in [0.25, 0.3) is 0 Å². The van der Waals surface area contributed by atoms with Gasteiger partial charge in [-0.3, -0.25) is 4.79 Å². The van der Waals surface area contributed by atoms with Gasteiger partial charge >= 0.3 is 5.97 Å². The molecule has 6 heteroatoms. The van der Waals surface area contributed by atoms with E-state index in [9.17, 15) is 14.0 Å². The monoisotopic (exact) mass is 269 g/mol. The Morgan fingerprint density at radius 1 is 1.32 bits per heavy atom. The average molecular weight is 269 g/mol. The van der Waals surface area contributed by atoms with Crippen LogP contribution in [-0.4, -0.2) is 29.7 Å². The molecule has 0 radical (unpaired) electrons. The van der Waals surface area contributed by atoms with E-state index >= 15 is 0 Å². The molecule has 104 valence electrons. The van der Waals surface area contributed by atoms with E-state index < -0.39 is 18.0 Å². The molecule has 0 spiro atoms. The highest BCUT2D eigenvalue weighted by Gasteiger charge is 2.15. The first-order chi connectivity index (χ1) is 8.90. The van der Waals surface area contributed by atoms with Gasteiger partial charge in [-0.2, -0.15) is 0 Å². The van der Waals surface area contributed by atoms with Crippen LogP contribution in [0.5, 0.6) is 0 Å². The quantitative estimate of drug-likeness (QED) is 0.820. The minimum absolute atomic E-state index is 0.308. The zero-order chi connectivity index (χ0) is 14.4. The van der Waals surface area contributed by atoms with Gasteiger partial charge in [0.05, 0.1) is 6.04 Å². The molecule has 0 fully saturated rings. The predicted molar refractivity (Wildman–Crippen MR) is 66.0 cm³/mol. The second-order valence-corrected chi connectivity index (χ2v) is 4.13.